The standard InChI is InChI=1S/C9H8N2O4/c12-8(13)7-2-1-6(15-7)5-11-4-3-10-9(11)14/h1-4H,5H2,(H,10,14)(H,12,13). The molecule has 6 heteroatoms. The van der Waals surface area contributed by atoms with Gasteiger partial charge in [-0.2, -0.15) is 0 Å². The predicted octanol–water partition coefficient (Wildman–Crippen LogP) is 0.516. The van der Waals surface area contributed by atoms with Crippen LogP contribution in [0.2, 0.25) is 0 Å². The van der Waals surface area contributed by atoms with E-state index in [1.807, 2.05) is 0 Å². The summed E-state index contributed by atoms with van der Waals surface area (Å²) in [6.07, 6.45) is 3.06. The quantitative estimate of drug-likeness (QED) is 0.769. The Morgan fingerprint density at radius 1 is 1.53 bits per heavy atom. The van der Waals surface area contributed by atoms with E-state index in [4.69, 9.17) is 9.52 Å². The van der Waals surface area contributed by atoms with Gasteiger partial charge in [-0.25, -0.2) is 9.59 Å². The lowest BCUT2D eigenvalue weighted by Crippen LogP contribution is -2.16. The molecule has 0 aliphatic carbocycles. The average molecular weight is 208 g/mol. The van der Waals surface area contributed by atoms with E-state index in [-0.39, 0.29) is 18.0 Å². The second-order valence-electron chi connectivity index (χ2n) is 2.96. The Bertz CT molecular complexity index is 534. The summed E-state index contributed by atoms with van der Waals surface area (Å²) in [6, 6.07) is 2.89. The maximum absolute atomic E-state index is 11.1. The fourth-order valence-electron chi connectivity index (χ4n) is 1.22. The Morgan fingerprint density at radius 3 is 2.87 bits per heavy atom. The topological polar surface area (TPSA) is 88.2 Å². The summed E-state index contributed by atoms with van der Waals surface area (Å²) >= 11 is 0. The van der Waals surface area contributed by atoms with E-state index in [9.17, 15) is 9.59 Å². The highest BCUT2D eigenvalue weighted by Gasteiger charge is 2.09. The van der Waals surface area contributed by atoms with Crippen molar-refractivity contribution in [2.45, 2.75) is 6.54 Å². The van der Waals surface area contributed by atoms with E-state index in [0.29, 0.717) is 5.76 Å². The maximum Gasteiger partial charge on any atom is 0.371 e. The van der Waals surface area contributed by atoms with Crippen LogP contribution in [0, 0.1) is 0 Å². The van der Waals surface area contributed by atoms with Crippen LogP contribution in [0.5, 0.6) is 0 Å². The van der Waals surface area contributed by atoms with Gasteiger partial charge in [0.15, 0.2) is 0 Å². The van der Waals surface area contributed by atoms with Crippen molar-refractivity contribution in [3.05, 3.63) is 46.5 Å². The summed E-state index contributed by atoms with van der Waals surface area (Å²) in [4.78, 5) is 24.1. The number of aromatic amines is 1. The van der Waals surface area contributed by atoms with Crippen LogP contribution in [-0.4, -0.2) is 20.6 Å². The molecule has 0 bridgehead atoms. The molecule has 78 valence electrons. The molecular weight excluding hydrogens is 200 g/mol. The molecule has 15 heavy (non-hydrogen) atoms. The molecule has 0 amide bonds. The van der Waals surface area contributed by atoms with Gasteiger partial charge >= 0.3 is 11.7 Å². The van der Waals surface area contributed by atoms with Crippen molar-refractivity contribution < 1.29 is 14.3 Å². The summed E-state index contributed by atoms with van der Waals surface area (Å²) in [7, 11) is 0. The number of nitrogens with one attached hydrogen (secondary N) is 1. The first-order valence-corrected chi connectivity index (χ1v) is 4.22. The minimum absolute atomic E-state index is 0.131. The predicted molar refractivity (Wildman–Crippen MR) is 49.8 cm³/mol. The number of hydrogen-bond acceptors (Lipinski definition) is 3. The number of furan rings is 1. The first-order chi connectivity index (χ1) is 7.16. The third kappa shape index (κ3) is 1.83. The Labute approximate surface area is 83.8 Å². The van der Waals surface area contributed by atoms with E-state index < -0.39 is 5.97 Å². The molecule has 0 spiro atoms. The third-order valence-electron chi connectivity index (χ3n) is 1.92. The largest absolute Gasteiger partial charge is 0.475 e. The molecule has 0 aliphatic heterocycles. The van der Waals surface area contributed by atoms with Crippen LogP contribution in [0.25, 0.3) is 0 Å². The van der Waals surface area contributed by atoms with Crippen LogP contribution in [0.4, 0.5) is 0 Å². The fraction of sp³-hybridized carbons (Fsp3) is 0.111. The lowest BCUT2D eigenvalue weighted by Gasteiger charge is -1.95. The van der Waals surface area contributed by atoms with Crippen LogP contribution in [-0.2, 0) is 6.54 Å². The second kappa shape index (κ2) is 3.49. The first kappa shape index (κ1) is 9.32. The molecule has 2 N–H and O–H groups in total. The number of carboxylic acids is 1. The van der Waals surface area contributed by atoms with E-state index in [1.165, 1.54) is 22.9 Å². The highest BCUT2D eigenvalue weighted by Crippen LogP contribution is 2.08. The minimum atomic E-state index is -1.12. The Balaban J connectivity index is 2.22. The Hall–Kier alpha value is -2.24. The number of nitrogens with zero attached hydrogens (tertiary/aromatic N) is 1. The average Bonchev–Trinajstić information content (AvgIpc) is 2.77. The van der Waals surface area contributed by atoms with Gasteiger partial charge < -0.3 is 14.5 Å². The molecule has 0 saturated heterocycles. The number of carboxylic acid groups (broad SMARTS) is 1. The van der Waals surface area contributed by atoms with Crippen molar-refractivity contribution in [3.63, 3.8) is 0 Å². The van der Waals surface area contributed by atoms with Crippen LogP contribution in [0.3, 0.4) is 0 Å². The summed E-state index contributed by atoms with van der Waals surface area (Å²) in [5, 5.41) is 8.61. The summed E-state index contributed by atoms with van der Waals surface area (Å²) in [5.41, 5.74) is -0.261. The molecular formula is C9H8N2O4. The van der Waals surface area contributed by atoms with Crippen LogP contribution >= 0.6 is 0 Å². The summed E-state index contributed by atoms with van der Waals surface area (Å²) < 4.78 is 6.38. The monoisotopic (exact) mass is 208 g/mol. The number of H-pyrrole nitrogens is 1. The molecule has 2 rings (SSSR count). The van der Waals surface area contributed by atoms with Crippen molar-refractivity contribution in [1.29, 1.82) is 0 Å². The van der Waals surface area contributed by atoms with Crippen molar-refractivity contribution in [2.24, 2.45) is 0 Å². The van der Waals surface area contributed by atoms with Gasteiger partial charge in [-0.15, -0.1) is 0 Å². The number of aromatic carboxylic acids is 1. The second-order valence-corrected chi connectivity index (χ2v) is 2.96. The SMILES string of the molecule is O=C(O)c1ccc(Cn2cc[nH]c2=O)o1. The lowest BCUT2D eigenvalue weighted by atomic mass is 10.4. The molecule has 0 aliphatic rings. The van der Waals surface area contributed by atoms with Gasteiger partial charge in [0, 0.05) is 12.4 Å². The van der Waals surface area contributed by atoms with Crippen molar-refractivity contribution in [1.82, 2.24) is 9.55 Å². The van der Waals surface area contributed by atoms with Crippen molar-refractivity contribution in [3.8, 4) is 0 Å². The molecule has 0 unspecified atom stereocenters. The zero-order valence-corrected chi connectivity index (χ0v) is 7.64. The highest BCUT2D eigenvalue weighted by molar-refractivity contribution is 5.84. The molecule has 0 radical (unpaired) electrons. The maximum atomic E-state index is 11.1. The van der Waals surface area contributed by atoms with Gasteiger partial charge in [0.2, 0.25) is 5.76 Å². The van der Waals surface area contributed by atoms with Gasteiger partial charge in [-0.3, -0.25) is 4.57 Å². The van der Waals surface area contributed by atoms with E-state index >= 15 is 0 Å². The van der Waals surface area contributed by atoms with Gasteiger partial charge in [0.25, 0.3) is 0 Å². The number of aromatic nitrogens is 2. The smallest absolute Gasteiger partial charge is 0.371 e. The number of hydrogen-bond donors (Lipinski definition) is 2. The van der Waals surface area contributed by atoms with E-state index in [1.54, 1.807) is 6.20 Å². The zero-order chi connectivity index (χ0) is 10.8. The molecule has 0 atom stereocenters. The summed E-state index contributed by atoms with van der Waals surface area (Å²) in [6.45, 7) is 0.218. The van der Waals surface area contributed by atoms with Gasteiger partial charge in [-0.05, 0) is 12.1 Å². The molecule has 0 aromatic carbocycles. The van der Waals surface area contributed by atoms with Gasteiger partial charge in [0.1, 0.15) is 5.76 Å². The van der Waals surface area contributed by atoms with Crippen molar-refractivity contribution >= 4 is 5.97 Å². The first-order valence-electron chi connectivity index (χ1n) is 4.22. The zero-order valence-electron chi connectivity index (χ0n) is 7.64. The summed E-state index contributed by atoms with van der Waals surface area (Å²) in [5.74, 6) is -0.828. The Kier molecular flexibility index (Phi) is 2.17. The van der Waals surface area contributed by atoms with Gasteiger partial charge in [-0.1, -0.05) is 0 Å². The molecule has 0 saturated carbocycles. The molecule has 2 aromatic heterocycles. The van der Waals surface area contributed by atoms with Crippen LogP contribution in [0.15, 0.2) is 33.7 Å². The lowest BCUT2D eigenvalue weighted by molar-refractivity contribution is 0.0660. The minimum Gasteiger partial charge on any atom is -0.475 e. The molecule has 2 aromatic rings. The van der Waals surface area contributed by atoms with E-state index in [0.717, 1.165) is 0 Å². The number of carbonyl (C=O) groups is 1. The normalized spacial score (nSPS) is 10.4. The van der Waals surface area contributed by atoms with Crippen LogP contribution < -0.4 is 5.69 Å². The third-order valence-corrected chi connectivity index (χ3v) is 1.92. The highest BCUT2D eigenvalue weighted by atomic mass is 16.4. The van der Waals surface area contributed by atoms with Gasteiger partial charge in [0.05, 0.1) is 6.54 Å². The van der Waals surface area contributed by atoms with Crippen LogP contribution in [0.1, 0.15) is 16.3 Å². The van der Waals surface area contributed by atoms with E-state index in [2.05, 4.69) is 4.98 Å². The molecule has 6 nitrogen and oxygen atoms in total. The van der Waals surface area contributed by atoms with Crippen molar-refractivity contribution in [2.75, 3.05) is 0 Å². The number of rotatable bonds is 3. The number of imidazole rings is 1. The molecule has 2 heterocycles. The molecule has 0 fully saturated rings. The Morgan fingerprint density at radius 2 is 2.33 bits per heavy atom. The fourth-order valence-corrected chi connectivity index (χ4v) is 1.22.